The van der Waals surface area contributed by atoms with E-state index in [0.29, 0.717) is 43.9 Å². The van der Waals surface area contributed by atoms with Gasteiger partial charge in [0.2, 0.25) is 21.7 Å². The number of hydrogen-bond acceptors (Lipinski definition) is 26. The van der Waals surface area contributed by atoms with Crippen LogP contribution >= 0.6 is 0 Å². The van der Waals surface area contributed by atoms with Crippen LogP contribution in [-0.2, 0) is 66.8 Å². The number of aromatic hydroxyl groups is 2. The Kier molecular flexibility index (Phi) is 42.8. The SMILES string of the molecule is COC(=O)c1c(OC)c(=O)c(C(=O)NCc2ccc(F)cc2F)cn1CC(O)O.COc1c2n(cc(C(=O)NCc3ccc(F)cc3F)c1=O)CC1N3CCC[C@@H](C3)N1C2=O.NC1CCCCC1.O=C(NCc1ccc(F)cc1F)c1cn2c(c(O)c1=O)C(=O)N1C(C2)N2CCC[C@H]1C2.O=C(NCc1ccc(F)cc1F)c1cn2c(c(O)c1=O)C(=O)N1C(C2)N2CCC[C@H]1C2.O=CO[O-].[Br-].[Br-].[H-].[K+].[K+].[Mg+2]. The van der Waals surface area contributed by atoms with E-state index in [9.17, 15) is 113 Å². The van der Waals surface area contributed by atoms with Gasteiger partial charge in [0, 0.05) is 161 Å². The van der Waals surface area contributed by atoms with E-state index in [1.165, 1.54) is 85.1 Å². The Labute approximate surface area is 910 Å². The van der Waals surface area contributed by atoms with Crippen molar-refractivity contribution in [3.8, 4) is 23.0 Å². The topological polar surface area (TPSA) is 476 Å². The summed E-state index contributed by atoms with van der Waals surface area (Å²) in [4.78, 5) is 176. The summed E-state index contributed by atoms with van der Waals surface area (Å²) in [6.07, 6.45) is 14.7. The summed E-state index contributed by atoms with van der Waals surface area (Å²) in [6.45, 7) is 4.15. The van der Waals surface area contributed by atoms with Gasteiger partial charge in [-0.05, 0) is 75.6 Å². The number of halogens is 10. The van der Waals surface area contributed by atoms with Crippen LogP contribution in [0.1, 0.15) is 178 Å². The van der Waals surface area contributed by atoms with Gasteiger partial charge in [0.1, 0.15) is 87.3 Å². The molecular weight excluding hydrogens is 2050 g/mol. The van der Waals surface area contributed by atoms with E-state index >= 15 is 0 Å². The first-order chi connectivity index (χ1) is 64.1. The Morgan fingerprint density at radius 2 is 0.763 bits per heavy atom. The van der Waals surface area contributed by atoms with Gasteiger partial charge in [-0.1, -0.05) is 43.5 Å². The average Bonchev–Trinajstić information content (AvgIpc) is 1.56. The third-order valence-corrected chi connectivity index (χ3v) is 24.7. The second-order valence-corrected chi connectivity index (χ2v) is 32.9. The first kappa shape index (κ1) is 116. The molecule has 1 aliphatic carbocycles. The number of benzene rings is 4. The quantitative estimate of drug-likeness (QED) is 0.00733. The number of nitrogens with zero attached hydrogens (tertiary/aromatic N) is 10. The van der Waals surface area contributed by atoms with Crippen LogP contribution in [-0.4, -0.2) is 254 Å². The van der Waals surface area contributed by atoms with Crippen molar-refractivity contribution in [2.45, 2.75) is 172 Å². The van der Waals surface area contributed by atoms with Crippen molar-refractivity contribution >= 4 is 76.8 Å². The van der Waals surface area contributed by atoms with E-state index in [1.807, 2.05) is 4.90 Å². The molecule has 4 aromatic carbocycles. The molecule has 732 valence electrons. The van der Waals surface area contributed by atoms with Crippen LogP contribution in [0.15, 0.2) is 117 Å². The molecule has 8 aromatic rings. The first-order valence-electron chi connectivity index (χ1n) is 42.7. The molecule has 10 aliphatic rings. The normalized spacial score (nSPS) is 19.8. The Morgan fingerprint density at radius 1 is 0.460 bits per heavy atom. The van der Waals surface area contributed by atoms with Crippen LogP contribution in [0.4, 0.5) is 35.1 Å². The fourth-order valence-corrected chi connectivity index (χ4v) is 18.3. The number of amides is 7. The van der Waals surface area contributed by atoms with Crippen molar-refractivity contribution < 1.29 is 261 Å². The van der Waals surface area contributed by atoms with Crippen molar-refractivity contribution in [3.63, 3.8) is 0 Å². The number of esters is 1. The van der Waals surface area contributed by atoms with Gasteiger partial charge in [0.05, 0.1) is 47.5 Å². The van der Waals surface area contributed by atoms with Gasteiger partial charge in [0.15, 0.2) is 52.1 Å². The number of methoxy groups -OCH3 is 3. The van der Waals surface area contributed by atoms with Gasteiger partial charge in [0.25, 0.3) is 47.8 Å². The molecular formula is C89H95Br2F8K2MgN15O22. The molecule has 0 radical (unpaired) electrons. The Bertz CT molecular complexity index is 6020. The summed E-state index contributed by atoms with van der Waals surface area (Å²) < 4.78 is 128. The molecule has 13 heterocycles. The number of piperidine rings is 3. The average molecular weight is 2140 g/mol. The maximum Gasteiger partial charge on any atom is 2.00 e. The molecule has 1 saturated carbocycles. The van der Waals surface area contributed by atoms with Crippen molar-refractivity contribution in [1.82, 2.24) is 68.9 Å². The molecule has 6 unspecified atom stereocenters. The van der Waals surface area contributed by atoms with Gasteiger partial charge in [-0.15, -0.1) is 0 Å². The number of hydrogen-bond donors (Lipinski definition) is 9. The molecule has 6 bridgehead atoms. The molecule has 10 N–H and O–H groups in total. The molecule has 9 atom stereocenters. The number of aliphatic hydroxyl groups is 2. The molecule has 139 heavy (non-hydrogen) atoms. The molecule has 7 fully saturated rings. The summed E-state index contributed by atoms with van der Waals surface area (Å²) in [6, 6.07) is 12.5. The fourth-order valence-electron chi connectivity index (χ4n) is 18.3. The molecule has 4 aromatic heterocycles. The van der Waals surface area contributed by atoms with Gasteiger partial charge in [-0.25, -0.2) is 39.9 Å². The van der Waals surface area contributed by atoms with Crippen molar-refractivity contribution in [2.24, 2.45) is 5.73 Å². The predicted molar refractivity (Wildman–Crippen MR) is 458 cm³/mol. The van der Waals surface area contributed by atoms with Gasteiger partial charge >= 0.3 is 132 Å². The molecule has 50 heteroatoms. The van der Waals surface area contributed by atoms with E-state index < -0.39 is 151 Å². The summed E-state index contributed by atoms with van der Waals surface area (Å²) >= 11 is 0. The van der Waals surface area contributed by atoms with Crippen molar-refractivity contribution in [3.05, 3.63) is 252 Å². The minimum absolute atomic E-state index is 0. The third kappa shape index (κ3) is 25.9. The number of nitrogens with one attached hydrogen (secondary N) is 4. The number of nitrogens with two attached hydrogens (primary N) is 1. The molecule has 7 amide bonds. The number of pyridine rings is 4. The summed E-state index contributed by atoms with van der Waals surface area (Å²) in [5, 5.41) is 57.5. The first-order valence-corrected chi connectivity index (χ1v) is 42.7. The van der Waals surface area contributed by atoms with Crippen LogP contribution in [0.25, 0.3) is 0 Å². The maximum absolute atomic E-state index is 13.9. The van der Waals surface area contributed by atoms with Gasteiger partial charge in [-0.3, -0.25) is 72.2 Å². The molecule has 6 saturated heterocycles. The Balaban J connectivity index is 0.000000241. The monoisotopic (exact) mass is 2140 g/mol. The van der Waals surface area contributed by atoms with E-state index in [1.54, 1.807) is 14.4 Å². The molecule has 37 nitrogen and oxygen atoms in total. The number of carbonyl (C=O) groups excluding carboxylic acids is 9. The number of carbonyl (C=O) groups is 9. The van der Waals surface area contributed by atoms with Gasteiger partial charge in [-0.2, -0.15) is 0 Å². The van der Waals surface area contributed by atoms with Crippen molar-refractivity contribution in [2.75, 3.05) is 60.6 Å². The van der Waals surface area contributed by atoms with E-state index in [-0.39, 0.29) is 298 Å². The Hall–Kier alpha value is -8.73. The zero-order valence-electron chi connectivity index (χ0n) is 76.8. The molecule has 18 rings (SSSR count). The summed E-state index contributed by atoms with van der Waals surface area (Å²) in [5.41, 5.74) is 0.299. The van der Waals surface area contributed by atoms with Gasteiger partial charge < -0.3 is 140 Å². The number of aliphatic hydroxyl groups excluding tert-OH is 1. The van der Waals surface area contributed by atoms with E-state index in [4.69, 9.17) is 25.3 Å². The number of fused-ring (bicyclic) bond motifs is 18. The maximum atomic E-state index is 13.9. The predicted octanol–water partition coefficient (Wildman–Crippen LogP) is -9.01. The number of aromatic nitrogens is 4. The minimum Gasteiger partial charge on any atom is -1.00 e. The van der Waals surface area contributed by atoms with Crippen molar-refractivity contribution in [1.29, 1.82) is 0 Å². The van der Waals surface area contributed by atoms with E-state index in [0.717, 1.165) is 139 Å². The van der Waals surface area contributed by atoms with Crippen LogP contribution in [0.5, 0.6) is 23.0 Å². The molecule has 0 spiro atoms. The van der Waals surface area contributed by atoms with Crippen LogP contribution in [0.2, 0.25) is 0 Å². The zero-order chi connectivity index (χ0) is 96.5. The smallest absolute Gasteiger partial charge is 1.00 e. The second-order valence-electron chi connectivity index (χ2n) is 32.9. The van der Waals surface area contributed by atoms with Crippen LogP contribution in [0.3, 0.4) is 0 Å². The third-order valence-electron chi connectivity index (χ3n) is 24.7. The number of ether oxygens (including phenoxy) is 3. The van der Waals surface area contributed by atoms with Crippen LogP contribution in [0, 0.1) is 46.5 Å². The molecule has 9 aliphatic heterocycles. The van der Waals surface area contributed by atoms with Crippen LogP contribution < -0.4 is 200 Å². The largest absolute Gasteiger partial charge is 2.00 e. The summed E-state index contributed by atoms with van der Waals surface area (Å²) in [7, 11) is 3.42. The number of rotatable bonds is 18. The second kappa shape index (κ2) is 51.5. The fraction of sp³-hybridized carbons (Fsp3) is 0.404. The van der Waals surface area contributed by atoms with E-state index in [2.05, 4.69) is 45.6 Å². The minimum atomic E-state index is -1.92. The Morgan fingerprint density at radius 3 is 1.05 bits per heavy atom. The summed E-state index contributed by atoms with van der Waals surface area (Å²) in [5.74, 6) is -14.0. The zero-order valence-corrected chi connectivity index (χ0v) is 86.6. The standard InChI is InChI=1S/C22H22F2N4O4.2C21H20F2N4O4.C18H18F2N2O7.C6H13N.CH2O3.2BrH.2K.Mg.H/c1-32-20-18-22(31)28-14-3-2-6-26(9-14)17(28)11-27(18)10-15(19(20)29)21(30)25-8-12-4-5-13(23)7-16(12)24;2*22-12-4-3-11(15(23)6-12)7-24-20(30)14-9-26-10-16-25-5-1-2-13(8-25)27(16)21(31)17(26)19(29)18(14)28;1-28-16-14(18(27)29-2)22(8-13(23)24)7-11(15(16)25)17(26)21-6-9-3-4-10(19)5-12(9)20;7-6-4-2-1-3-5-6;2-1-4-3;;;;;;/h4-5,7,10,14,17H,2-3,6,8-9,11H2,1H3,(H,25,30);2*3-4,6,9,13,16,29H,1-2,5,7-8,10H2,(H,24,30);3-5,7,13,23-24H,6,8H2,1-2H3,(H,21,26);6H,1-5,7H2;1,3H;2*1H;;;;/q;;;;;;;;2*+1;+2;-1/p-3/t14-,17?;2*13-,16?;;;;;;;;;/m000........./s1.